The van der Waals surface area contributed by atoms with Gasteiger partial charge in [0.05, 0.1) is 5.92 Å². The van der Waals surface area contributed by atoms with E-state index in [2.05, 4.69) is 41.8 Å². The lowest BCUT2D eigenvalue weighted by molar-refractivity contribution is -0.124. The Bertz CT molecular complexity index is 514. The van der Waals surface area contributed by atoms with Gasteiger partial charge in [-0.3, -0.25) is 4.79 Å². The highest BCUT2D eigenvalue weighted by Gasteiger charge is 2.36. The van der Waals surface area contributed by atoms with Crippen molar-refractivity contribution in [1.82, 2.24) is 10.6 Å². The van der Waals surface area contributed by atoms with Crippen molar-refractivity contribution in [2.24, 2.45) is 5.92 Å². The minimum Gasteiger partial charge on any atom is -0.355 e. The summed E-state index contributed by atoms with van der Waals surface area (Å²) >= 11 is 0. The molecule has 1 aliphatic heterocycles. The molecule has 2 N–H and O–H groups in total. The Morgan fingerprint density at radius 1 is 1.27 bits per heavy atom. The van der Waals surface area contributed by atoms with Crippen LogP contribution in [0.15, 0.2) is 24.3 Å². The van der Waals surface area contributed by atoms with E-state index in [-0.39, 0.29) is 17.2 Å². The first-order valence-corrected chi connectivity index (χ1v) is 8.76. The van der Waals surface area contributed by atoms with Crippen LogP contribution in [0.2, 0.25) is 0 Å². The maximum absolute atomic E-state index is 12.4. The molecule has 22 heavy (non-hydrogen) atoms. The Morgan fingerprint density at radius 3 is 2.73 bits per heavy atom. The fourth-order valence-corrected chi connectivity index (χ4v) is 4.22. The van der Waals surface area contributed by atoms with Gasteiger partial charge in [0, 0.05) is 18.5 Å². The van der Waals surface area contributed by atoms with Crippen molar-refractivity contribution < 1.29 is 4.79 Å². The second-order valence-corrected chi connectivity index (χ2v) is 7.06. The molecule has 1 aromatic rings. The molecular weight excluding hydrogens is 272 g/mol. The lowest BCUT2D eigenvalue weighted by Gasteiger charge is -2.39. The molecule has 1 unspecified atom stereocenters. The number of hydrogen-bond donors (Lipinski definition) is 2. The molecule has 0 radical (unpaired) electrons. The van der Waals surface area contributed by atoms with Crippen LogP contribution >= 0.6 is 0 Å². The van der Waals surface area contributed by atoms with Crippen molar-refractivity contribution >= 4 is 5.91 Å². The third-order valence-corrected chi connectivity index (χ3v) is 5.56. The highest BCUT2D eigenvalue weighted by molar-refractivity contribution is 5.79. The van der Waals surface area contributed by atoms with Crippen molar-refractivity contribution in [2.75, 3.05) is 19.6 Å². The molecule has 120 valence electrons. The van der Waals surface area contributed by atoms with Gasteiger partial charge in [0.1, 0.15) is 0 Å². The molecule has 0 bridgehead atoms. The Hall–Kier alpha value is -1.35. The average Bonchev–Trinajstić information content (AvgIpc) is 3.08. The summed E-state index contributed by atoms with van der Waals surface area (Å²) in [6.07, 6.45) is 7.24. The average molecular weight is 300 g/mol. The third kappa shape index (κ3) is 3.19. The summed E-state index contributed by atoms with van der Waals surface area (Å²) in [7, 11) is 0. The SMILES string of the molecule is Cc1ccccc1C1(CNC(=O)C2CCNC2)CCCCC1. The predicted molar refractivity (Wildman–Crippen MR) is 89.9 cm³/mol. The van der Waals surface area contributed by atoms with Crippen molar-refractivity contribution in [2.45, 2.75) is 50.9 Å². The van der Waals surface area contributed by atoms with Crippen LogP contribution in [0.5, 0.6) is 0 Å². The van der Waals surface area contributed by atoms with Crippen LogP contribution < -0.4 is 10.6 Å². The van der Waals surface area contributed by atoms with E-state index in [9.17, 15) is 4.79 Å². The monoisotopic (exact) mass is 300 g/mol. The van der Waals surface area contributed by atoms with Crippen LogP contribution in [0, 0.1) is 12.8 Å². The lowest BCUT2D eigenvalue weighted by atomic mass is 9.68. The summed E-state index contributed by atoms with van der Waals surface area (Å²) in [5.41, 5.74) is 2.95. The maximum atomic E-state index is 12.4. The molecule has 3 heteroatoms. The zero-order chi connectivity index (χ0) is 15.4. The van der Waals surface area contributed by atoms with Crippen molar-refractivity contribution in [3.8, 4) is 0 Å². The smallest absolute Gasteiger partial charge is 0.224 e. The number of benzene rings is 1. The first kappa shape index (κ1) is 15.5. The first-order valence-electron chi connectivity index (χ1n) is 8.76. The van der Waals surface area contributed by atoms with Gasteiger partial charge in [0.2, 0.25) is 5.91 Å². The molecule has 0 spiro atoms. The largest absolute Gasteiger partial charge is 0.355 e. The van der Waals surface area contributed by atoms with Gasteiger partial charge < -0.3 is 10.6 Å². The molecule has 1 aromatic carbocycles. The summed E-state index contributed by atoms with van der Waals surface area (Å²) in [5, 5.41) is 6.56. The molecule has 3 rings (SSSR count). The zero-order valence-corrected chi connectivity index (χ0v) is 13.7. The Morgan fingerprint density at radius 2 is 2.05 bits per heavy atom. The Balaban J connectivity index is 1.75. The van der Waals surface area contributed by atoms with Gasteiger partial charge in [-0.25, -0.2) is 0 Å². The van der Waals surface area contributed by atoms with Crippen molar-refractivity contribution in [3.63, 3.8) is 0 Å². The van der Waals surface area contributed by atoms with Crippen LogP contribution in [0.4, 0.5) is 0 Å². The molecule has 2 fully saturated rings. The van der Waals surface area contributed by atoms with E-state index in [1.165, 1.54) is 43.2 Å². The van der Waals surface area contributed by atoms with Gasteiger partial charge in [-0.2, -0.15) is 0 Å². The topological polar surface area (TPSA) is 41.1 Å². The number of carbonyl (C=O) groups is 1. The number of hydrogen-bond acceptors (Lipinski definition) is 2. The van der Waals surface area contributed by atoms with Gasteiger partial charge in [0.25, 0.3) is 0 Å². The van der Waals surface area contributed by atoms with E-state index in [0.717, 1.165) is 26.1 Å². The van der Waals surface area contributed by atoms with Crippen LogP contribution in [0.1, 0.15) is 49.7 Å². The first-order chi connectivity index (χ1) is 10.7. The number of nitrogens with one attached hydrogen (secondary N) is 2. The fourth-order valence-electron chi connectivity index (χ4n) is 4.22. The van der Waals surface area contributed by atoms with E-state index in [1.54, 1.807) is 0 Å². The number of rotatable bonds is 4. The molecule has 1 saturated carbocycles. The summed E-state index contributed by atoms with van der Waals surface area (Å²) in [6.45, 7) is 4.81. The van der Waals surface area contributed by atoms with E-state index in [4.69, 9.17) is 0 Å². The van der Waals surface area contributed by atoms with Gasteiger partial charge in [0.15, 0.2) is 0 Å². The molecule has 0 aromatic heterocycles. The van der Waals surface area contributed by atoms with Gasteiger partial charge >= 0.3 is 0 Å². The van der Waals surface area contributed by atoms with Crippen LogP contribution in [0.25, 0.3) is 0 Å². The van der Waals surface area contributed by atoms with Crippen LogP contribution in [-0.2, 0) is 10.2 Å². The molecule has 2 aliphatic rings. The predicted octanol–water partition coefficient (Wildman–Crippen LogP) is 2.92. The summed E-state index contributed by atoms with van der Waals surface area (Å²) < 4.78 is 0. The highest BCUT2D eigenvalue weighted by atomic mass is 16.1. The molecular formula is C19H28N2O. The van der Waals surface area contributed by atoms with Crippen LogP contribution in [0.3, 0.4) is 0 Å². The van der Waals surface area contributed by atoms with E-state index in [1.807, 2.05) is 0 Å². The molecule has 1 saturated heterocycles. The normalized spacial score (nSPS) is 24.1. The van der Waals surface area contributed by atoms with Gasteiger partial charge in [-0.15, -0.1) is 0 Å². The van der Waals surface area contributed by atoms with Crippen LogP contribution in [-0.4, -0.2) is 25.5 Å². The molecule has 3 nitrogen and oxygen atoms in total. The Kier molecular flexibility index (Phi) is 4.82. The molecule has 1 aliphatic carbocycles. The van der Waals surface area contributed by atoms with E-state index < -0.39 is 0 Å². The number of amides is 1. The second-order valence-electron chi connectivity index (χ2n) is 7.06. The van der Waals surface area contributed by atoms with Gasteiger partial charge in [-0.1, -0.05) is 43.5 Å². The highest BCUT2D eigenvalue weighted by Crippen LogP contribution is 2.40. The third-order valence-electron chi connectivity index (χ3n) is 5.56. The van der Waals surface area contributed by atoms with Crippen molar-refractivity contribution in [3.05, 3.63) is 35.4 Å². The summed E-state index contributed by atoms with van der Waals surface area (Å²) in [4.78, 5) is 12.4. The Labute approximate surface area is 133 Å². The quantitative estimate of drug-likeness (QED) is 0.897. The minimum absolute atomic E-state index is 0.144. The molecule has 1 amide bonds. The van der Waals surface area contributed by atoms with Gasteiger partial charge in [-0.05, 0) is 43.9 Å². The standard InChI is InChI=1S/C19H28N2O/c1-15-7-3-4-8-17(15)19(10-5-2-6-11-19)14-21-18(22)16-9-12-20-13-16/h3-4,7-8,16,20H,2,5-6,9-14H2,1H3,(H,21,22). The number of aryl methyl sites for hydroxylation is 1. The zero-order valence-electron chi connectivity index (χ0n) is 13.7. The fraction of sp³-hybridized carbons (Fsp3) is 0.632. The summed E-state index contributed by atoms with van der Waals surface area (Å²) in [6, 6.07) is 8.72. The van der Waals surface area contributed by atoms with E-state index in [0.29, 0.717) is 0 Å². The molecule has 1 heterocycles. The summed E-state index contributed by atoms with van der Waals surface area (Å²) in [5.74, 6) is 0.404. The lowest BCUT2D eigenvalue weighted by Crippen LogP contribution is -2.44. The van der Waals surface area contributed by atoms with E-state index >= 15 is 0 Å². The maximum Gasteiger partial charge on any atom is 0.224 e. The van der Waals surface area contributed by atoms with Crippen molar-refractivity contribution in [1.29, 1.82) is 0 Å². The second kappa shape index (κ2) is 6.82. The number of carbonyl (C=O) groups excluding carboxylic acids is 1. The minimum atomic E-state index is 0.144. The molecule has 1 atom stereocenters.